The zero-order chi connectivity index (χ0) is 15.6. The van der Waals surface area contributed by atoms with Gasteiger partial charge in [-0.25, -0.2) is 4.98 Å². The second-order valence-electron chi connectivity index (χ2n) is 6.01. The Morgan fingerprint density at radius 2 is 2.10 bits per heavy atom. The van der Waals surface area contributed by atoms with Crippen molar-refractivity contribution in [3.05, 3.63) is 23.0 Å². The molecular weight excluding hydrogens is 264 g/mol. The molecule has 0 saturated heterocycles. The first-order chi connectivity index (χ1) is 9.90. The summed E-state index contributed by atoms with van der Waals surface area (Å²) < 4.78 is 1.73. The molecular formula is C16H24N4O. The van der Waals surface area contributed by atoms with E-state index in [1.165, 1.54) is 0 Å². The maximum Gasteiger partial charge on any atom is 0.252 e. The standard InChI is InChI=1S/C16H24N4O/c1-10(2)7-6-8-17-16(21)13-9-11(3)18-15-14(13)12(4)19-20(15)5/h9-10H,6-8H2,1-5H3,(H,17,21). The number of nitrogens with one attached hydrogen (secondary N) is 1. The third kappa shape index (κ3) is 3.40. The number of aryl methyl sites for hydroxylation is 3. The van der Waals surface area contributed by atoms with E-state index in [1.807, 2.05) is 27.0 Å². The summed E-state index contributed by atoms with van der Waals surface area (Å²) in [6.07, 6.45) is 2.12. The van der Waals surface area contributed by atoms with Gasteiger partial charge in [0.25, 0.3) is 5.91 Å². The smallest absolute Gasteiger partial charge is 0.252 e. The van der Waals surface area contributed by atoms with E-state index < -0.39 is 0 Å². The molecule has 5 heteroatoms. The fourth-order valence-electron chi connectivity index (χ4n) is 2.56. The van der Waals surface area contributed by atoms with Crippen LogP contribution in [0, 0.1) is 19.8 Å². The maximum absolute atomic E-state index is 12.4. The molecule has 0 radical (unpaired) electrons. The summed E-state index contributed by atoms with van der Waals surface area (Å²) in [4.78, 5) is 16.9. The number of carbonyl (C=O) groups is 1. The van der Waals surface area contributed by atoms with Crippen LogP contribution in [-0.4, -0.2) is 27.2 Å². The lowest BCUT2D eigenvalue weighted by atomic mass is 10.1. The molecule has 21 heavy (non-hydrogen) atoms. The fourth-order valence-corrected chi connectivity index (χ4v) is 2.56. The SMILES string of the molecule is Cc1cc(C(=O)NCCCC(C)C)c2c(C)nn(C)c2n1. The molecule has 0 atom stereocenters. The van der Waals surface area contributed by atoms with Crippen LogP contribution in [-0.2, 0) is 7.05 Å². The lowest BCUT2D eigenvalue weighted by Crippen LogP contribution is -2.25. The van der Waals surface area contributed by atoms with E-state index in [9.17, 15) is 4.79 Å². The first-order valence-corrected chi connectivity index (χ1v) is 7.49. The van der Waals surface area contributed by atoms with Crippen LogP contribution in [0.25, 0.3) is 11.0 Å². The molecule has 0 aliphatic heterocycles. The minimum atomic E-state index is -0.0367. The third-order valence-electron chi connectivity index (χ3n) is 3.59. The van der Waals surface area contributed by atoms with E-state index in [0.29, 0.717) is 18.0 Å². The Bertz CT molecular complexity index is 658. The van der Waals surface area contributed by atoms with Gasteiger partial charge in [-0.2, -0.15) is 5.10 Å². The molecule has 0 spiro atoms. The summed E-state index contributed by atoms with van der Waals surface area (Å²) in [6, 6.07) is 1.84. The molecule has 0 aliphatic rings. The normalized spacial score (nSPS) is 11.3. The van der Waals surface area contributed by atoms with E-state index in [1.54, 1.807) is 4.68 Å². The molecule has 1 amide bonds. The van der Waals surface area contributed by atoms with Gasteiger partial charge in [-0.15, -0.1) is 0 Å². The van der Waals surface area contributed by atoms with Gasteiger partial charge in [-0.05, 0) is 38.7 Å². The minimum absolute atomic E-state index is 0.0367. The number of aromatic nitrogens is 3. The number of amides is 1. The highest BCUT2D eigenvalue weighted by Gasteiger charge is 2.17. The van der Waals surface area contributed by atoms with Gasteiger partial charge in [0.2, 0.25) is 0 Å². The molecule has 2 aromatic rings. The van der Waals surface area contributed by atoms with Crippen molar-refractivity contribution in [3.63, 3.8) is 0 Å². The number of carbonyl (C=O) groups excluding carboxylic acids is 1. The van der Waals surface area contributed by atoms with Crippen LogP contribution >= 0.6 is 0 Å². The quantitative estimate of drug-likeness (QED) is 0.861. The van der Waals surface area contributed by atoms with Crippen molar-refractivity contribution in [2.45, 2.75) is 40.5 Å². The summed E-state index contributed by atoms with van der Waals surface area (Å²) in [5.41, 5.74) is 3.11. The molecule has 5 nitrogen and oxygen atoms in total. The van der Waals surface area contributed by atoms with E-state index in [-0.39, 0.29) is 5.91 Å². The number of fused-ring (bicyclic) bond motifs is 1. The monoisotopic (exact) mass is 288 g/mol. The van der Waals surface area contributed by atoms with Gasteiger partial charge in [0.05, 0.1) is 16.6 Å². The van der Waals surface area contributed by atoms with Crippen molar-refractivity contribution < 1.29 is 4.79 Å². The van der Waals surface area contributed by atoms with Gasteiger partial charge < -0.3 is 5.32 Å². The highest BCUT2D eigenvalue weighted by atomic mass is 16.1. The Kier molecular flexibility index (Phi) is 4.60. The molecule has 0 aliphatic carbocycles. The molecule has 114 valence electrons. The molecule has 2 aromatic heterocycles. The van der Waals surface area contributed by atoms with Crippen molar-refractivity contribution >= 4 is 16.9 Å². The van der Waals surface area contributed by atoms with Crippen molar-refractivity contribution in [2.24, 2.45) is 13.0 Å². The van der Waals surface area contributed by atoms with Crippen LogP contribution in [0.15, 0.2) is 6.07 Å². The fraction of sp³-hybridized carbons (Fsp3) is 0.562. The molecule has 0 fully saturated rings. The average molecular weight is 288 g/mol. The Hall–Kier alpha value is -1.91. The van der Waals surface area contributed by atoms with E-state index in [2.05, 4.69) is 29.2 Å². The van der Waals surface area contributed by atoms with Crippen molar-refractivity contribution in [1.82, 2.24) is 20.1 Å². The molecule has 0 aromatic carbocycles. The summed E-state index contributed by atoms with van der Waals surface area (Å²) in [7, 11) is 1.85. The topological polar surface area (TPSA) is 59.8 Å². The van der Waals surface area contributed by atoms with Crippen LogP contribution in [0.1, 0.15) is 48.4 Å². The minimum Gasteiger partial charge on any atom is -0.352 e. The summed E-state index contributed by atoms with van der Waals surface area (Å²) in [5, 5.41) is 8.23. The maximum atomic E-state index is 12.4. The zero-order valence-electron chi connectivity index (χ0n) is 13.5. The van der Waals surface area contributed by atoms with Crippen LogP contribution in [0.3, 0.4) is 0 Å². The number of nitrogens with zero attached hydrogens (tertiary/aromatic N) is 3. The predicted octanol–water partition coefficient (Wildman–Crippen LogP) is 2.75. The van der Waals surface area contributed by atoms with Crippen LogP contribution < -0.4 is 5.32 Å². The number of pyridine rings is 1. The highest BCUT2D eigenvalue weighted by molar-refractivity contribution is 6.06. The molecule has 1 N–H and O–H groups in total. The zero-order valence-corrected chi connectivity index (χ0v) is 13.5. The molecule has 0 bridgehead atoms. The largest absolute Gasteiger partial charge is 0.352 e. The second kappa shape index (κ2) is 6.24. The number of rotatable bonds is 5. The number of hydrogen-bond acceptors (Lipinski definition) is 3. The Labute approximate surface area is 125 Å². The van der Waals surface area contributed by atoms with Crippen LogP contribution in [0.5, 0.6) is 0 Å². The van der Waals surface area contributed by atoms with Gasteiger partial charge >= 0.3 is 0 Å². The van der Waals surface area contributed by atoms with Gasteiger partial charge in [0.1, 0.15) is 0 Å². The molecule has 0 saturated carbocycles. The van der Waals surface area contributed by atoms with E-state index in [4.69, 9.17) is 0 Å². The highest BCUT2D eigenvalue weighted by Crippen LogP contribution is 2.21. The Balaban J connectivity index is 2.23. The Morgan fingerprint density at radius 1 is 1.38 bits per heavy atom. The third-order valence-corrected chi connectivity index (χ3v) is 3.59. The summed E-state index contributed by atoms with van der Waals surface area (Å²) in [6.45, 7) is 8.90. The van der Waals surface area contributed by atoms with Crippen molar-refractivity contribution in [3.8, 4) is 0 Å². The Morgan fingerprint density at radius 3 is 2.76 bits per heavy atom. The molecule has 0 unspecified atom stereocenters. The molecule has 2 rings (SSSR count). The lowest BCUT2D eigenvalue weighted by molar-refractivity contribution is 0.0954. The molecule has 2 heterocycles. The van der Waals surface area contributed by atoms with Gasteiger partial charge in [-0.3, -0.25) is 9.48 Å². The average Bonchev–Trinajstić information content (AvgIpc) is 2.68. The number of hydrogen-bond donors (Lipinski definition) is 1. The first-order valence-electron chi connectivity index (χ1n) is 7.49. The van der Waals surface area contributed by atoms with Gasteiger partial charge in [0, 0.05) is 19.3 Å². The van der Waals surface area contributed by atoms with Crippen molar-refractivity contribution in [2.75, 3.05) is 6.54 Å². The first kappa shape index (κ1) is 15.5. The predicted molar refractivity (Wildman–Crippen MR) is 84.4 cm³/mol. The van der Waals surface area contributed by atoms with Crippen molar-refractivity contribution in [1.29, 1.82) is 0 Å². The lowest BCUT2D eigenvalue weighted by Gasteiger charge is -2.08. The second-order valence-corrected chi connectivity index (χ2v) is 6.01. The summed E-state index contributed by atoms with van der Waals surface area (Å²) in [5.74, 6) is 0.628. The van der Waals surface area contributed by atoms with E-state index in [0.717, 1.165) is 35.3 Å². The van der Waals surface area contributed by atoms with Gasteiger partial charge in [-0.1, -0.05) is 13.8 Å². The van der Waals surface area contributed by atoms with Crippen LogP contribution in [0.4, 0.5) is 0 Å². The van der Waals surface area contributed by atoms with E-state index >= 15 is 0 Å². The summed E-state index contributed by atoms with van der Waals surface area (Å²) >= 11 is 0. The van der Waals surface area contributed by atoms with Gasteiger partial charge in [0.15, 0.2) is 5.65 Å². The van der Waals surface area contributed by atoms with Crippen LogP contribution in [0.2, 0.25) is 0 Å².